The minimum absolute atomic E-state index is 0.507. The van der Waals surface area contributed by atoms with Crippen LogP contribution in [-0.2, 0) is 6.54 Å². The van der Waals surface area contributed by atoms with E-state index in [0.717, 1.165) is 6.42 Å². The Morgan fingerprint density at radius 1 is 1.50 bits per heavy atom. The number of tetrazole rings is 1. The van der Waals surface area contributed by atoms with Crippen molar-refractivity contribution < 1.29 is 4.42 Å². The SMILES string of the molecule is NCCCn1nnc(-c2ccco2)n1. The van der Waals surface area contributed by atoms with E-state index >= 15 is 0 Å². The smallest absolute Gasteiger partial charge is 0.240 e. The molecule has 6 nitrogen and oxygen atoms in total. The molecule has 2 aromatic heterocycles. The summed E-state index contributed by atoms with van der Waals surface area (Å²) in [5.74, 6) is 1.14. The molecule has 0 atom stereocenters. The number of hydrogen-bond acceptors (Lipinski definition) is 5. The molecule has 74 valence electrons. The Kier molecular flexibility index (Phi) is 2.55. The highest BCUT2D eigenvalue weighted by molar-refractivity contribution is 5.43. The van der Waals surface area contributed by atoms with Gasteiger partial charge in [-0.3, -0.25) is 0 Å². The quantitative estimate of drug-likeness (QED) is 0.754. The normalized spacial score (nSPS) is 10.6. The molecule has 0 saturated heterocycles. The van der Waals surface area contributed by atoms with Crippen LogP contribution in [0.15, 0.2) is 22.8 Å². The lowest BCUT2D eigenvalue weighted by Gasteiger charge is -1.93. The zero-order valence-electron chi connectivity index (χ0n) is 7.63. The van der Waals surface area contributed by atoms with E-state index in [0.29, 0.717) is 24.7 Å². The van der Waals surface area contributed by atoms with Crippen LogP contribution in [0.3, 0.4) is 0 Å². The van der Waals surface area contributed by atoms with Crippen LogP contribution in [-0.4, -0.2) is 26.8 Å². The Morgan fingerprint density at radius 3 is 3.14 bits per heavy atom. The van der Waals surface area contributed by atoms with Crippen molar-refractivity contribution in [1.29, 1.82) is 0 Å². The average molecular weight is 193 g/mol. The van der Waals surface area contributed by atoms with Gasteiger partial charge in [-0.1, -0.05) is 0 Å². The minimum Gasteiger partial charge on any atom is -0.461 e. The highest BCUT2D eigenvalue weighted by Crippen LogP contribution is 2.12. The van der Waals surface area contributed by atoms with Crippen LogP contribution in [0.5, 0.6) is 0 Å². The Labute approximate surface area is 80.7 Å². The third kappa shape index (κ3) is 1.80. The van der Waals surface area contributed by atoms with Gasteiger partial charge in [0.1, 0.15) is 0 Å². The lowest BCUT2D eigenvalue weighted by molar-refractivity contribution is 0.503. The fourth-order valence-corrected chi connectivity index (χ4v) is 1.08. The summed E-state index contributed by atoms with van der Waals surface area (Å²) in [4.78, 5) is 1.52. The number of rotatable bonds is 4. The highest BCUT2D eigenvalue weighted by Gasteiger charge is 2.07. The maximum Gasteiger partial charge on any atom is 0.240 e. The van der Waals surface area contributed by atoms with Crippen LogP contribution >= 0.6 is 0 Å². The summed E-state index contributed by atoms with van der Waals surface area (Å²) in [6, 6.07) is 3.58. The Morgan fingerprint density at radius 2 is 2.43 bits per heavy atom. The first-order valence-electron chi connectivity index (χ1n) is 4.42. The van der Waals surface area contributed by atoms with Crippen LogP contribution in [0.4, 0.5) is 0 Å². The second-order valence-corrected chi connectivity index (χ2v) is 2.83. The van der Waals surface area contributed by atoms with E-state index in [1.54, 1.807) is 18.4 Å². The third-order valence-corrected chi connectivity index (χ3v) is 1.76. The minimum atomic E-state index is 0.507. The summed E-state index contributed by atoms with van der Waals surface area (Å²) in [7, 11) is 0. The van der Waals surface area contributed by atoms with Gasteiger partial charge in [0, 0.05) is 0 Å². The van der Waals surface area contributed by atoms with E-state index in [-0.39, 0.29) is 0 Å². The van der Waals surface area contributed by atoms with Gasteiger partial charge in [-0.05, 0) is 30.3 Å². The number of aryl methyl sites for hydroxylation is 1. The van der Waals surface area contributed by atoms with Crippen molar-refractivity contribution in [2.24, 2.45) is 5.73 Å². The lowest BCUT2D eigenvalue weighted by atomic mass is 10.4. The van der Waals surface area contributed by atoms with Crippen molar-refractivity contribution in [1.82, 2.24) is 20.2 Å². The molecule has 0 fully saturated rings. The number of aromatic nitrogens is 4. The number of nitrogens with two attached hydrogens (primary N) is 1. The van der Waals surface area contributed by atoms with E-state index < -0.39 is 0 Å². The van der Waals surface area contributed by atoms with Gasteiger partial charge >= 0.3 is 0 Å². The Hall–Kier alpha value is -1.69. The van der Waals surface area contributed by atoms with Gasteiger partial charge in [0.15, 0.2) is 5.76 Å². The fraction of sp³-hybridized carbons (Fsp3) is 0.375. The molecule has 0 unspecified atom stereocenters. The summed E-state index contributed by atoms with van der Waals surface area (Å²) < 4.78 is 5.13. The van der Waals surface area contributed by atoms with Crippen LogP contribution in [0, 0.1) is 0 Å². The lowest BCUT2D eigenvalue weighted by Crippen LogP contribution is -2.08. The fourth-order valence-electron chi connectivity index (χ4n) is 1.08. The molecule has 0 radical (unpaired) electrons. The summed E-state index contributed by atoms with van der Waals surface area (Å²) in [6.45, 7) is 1.31. The molecule has 0 aliphatic rings. The molecule has 0 aliphatic heterocycles. The molecule has 0 bridgehead atoms. The molecule has 14 heavy (non-hydrogen) atoms. The van der Waals surface area contributed by atoms with Crippen molar-refractivity contribution in [2.75, 3.05) is 6.54 Å². The second kappa shape index (κ2) is 4.01. The van der Waals surface area contributed by atoms with E-state index in [9.17, 15) is 0 Å². The summed E-state index contributed by atoms with van der Waals surface area (Å²) in [5, 5.41) is 11.9. The molecule has 0 aromatic carbocycles. The maximum absolute atomic E-state index is 5.37. The third-order valence-electron chi connectivity index (χ3n) is 1.76. The van der Waals surface area contributed by atoms with E-state index in [1.807, 2.05) is 0 Å². The first kappa shape index (κ1) is 8.89. The molecule has 2 N–H and O–H groups in total. The molecule has 0 amide bonds. The van der Waals surface area contributed by atoms with Crippen LogP contribution in [0.2, 0.25) is 0 Å². The first-order valence-corrected chi connectivity index (χ1v) is 4.42. The monoisotopic (exact) mass is 193 g/mol. The largest absolute Gasteiger partial charge is 0.461 e. The topological polar surface area (TPSA) is 82.8 Å². The van der Waals surface area contributed by atoms with E-state index in [2.05, 4.69) is 15.4 Å². The average Bonchev–Trinajstić information content (AvgIpc) is 2.85. The Bertz CT molecular complexity index is 380. The van der Waals surface area contributed by atoms with E-state index in [4.69, 9.17) is 10.2 Å². The number of furan rings is 1. The van der Waals surface area contributed by atoms with Gasteiger partial charge in [0.05, 0.1) is 12.8 Å². The van der Waals surface area contributed by atoms with Crippen molar-refractivity contribution >= 4 is 0 Å². The van der Waals surface area contributed by atoms with Crippen molar-refractivity contribution in [3.05, 3.63) is 18.4 Å². The van der Waals surface area contributed by atoms with Gasteiger partial charge in [-0.25, -0.2) is 0 Å². The highest BCUT2D eigenvalue weighted by atomic mass is 16.3. The van der Waals surface area contributed by atoms with Crippen LogP contribution in [0.1, 0.15) is 6.42 Å². The predicted octanol–water partition coefficient (Wildman–Crippen LogP) is 0.282. The molecule has 0 saturated carbocycles. The molecule has 2 aromatic rings. The molecule has 6 heteroatoms. The maximum atomic E-state index is 5.37. The zero-order valence-corrected chi connectivity index (χ0v) is 7.63. The van der Waals surface area contributed by atoms with Crippen molar-refractivity contribution in [2.45, 2.75) is 13.0 Å². The van der Waals surface area contributed by atoms with Gasteiger partial charge in [-0.15, -0.1) is 10.2 Å². The predicted molar refractivity (Wildman–Crippen MR) is 49.2 cm³/mol. The van der Waals surface area contributed by atoms with Gasteiger partial charge in [0.25, 0.3) is 0 Å². The molecular formula is C8H11N5O. The number of hydrogen-bond donors (Lipinski definition) is 1. The number of nitrogens with zero attached hydrogens (tertiary/aromatic N) is 4. The molecule has 0 spiro atoms. The standard InChI is InChI=1S/C8H11N5O/c9-4-2-5-13-11-8(10-12-13)7-3-1-6-14-7/h1,3,6H,2,4-5,9H2. The van der Waals surface area contributed by atoms with Crippen LogP contribution in [0.25, 0.3) is 11.6 Å². The first-order chi connectivity index (χ1) is 6.90. The van der Waals surface area contributed by atoms with Crippen molar-refractivity contribution in [3.63, 3.8) is 0 Å². The van der Waals surface area contributed by atoms with Crippen molar-refractivity contribution in [3.8, 4) is 11.6 Å². The second-order valence-electron chi connectivity index (χ2n) is 2.83. The van der Waals surface area contributed by atoms with E-state index in [1.165, 1.54) is 4.80 Å². The molecule has 0 aliphatic carbocycles. The zero-order chi connectivity index (χ0) is 9.80. The summed E-state index contributed by atoms with van der Waals surface area (Å²) in [6.07, 6.45) is 2.42. The van der Waals surface area contributed by atoms with Gasteiger partial charge in [0.2, 0.25) is 5.82 Å². The summed E-state index contributed by atoms with van der Waals surface area (Å²) in [5.41, 5.74) is 5.37. The molecular weight excluding hydrogens is 182 g/mol. The van der Waals surface area contributed by atoms with Crippen LogP contribution < -0.4 is 5.73 Å². The van der Waals surface area contributed by atoms with Gasteiger partial charge < -0.3 is 10.2 Å². The van der Waals surface area contributed by atoms with Gasteiger partial charge in [-0.2, -0.15) is 4.80 Å². The Balaban J connectivity index is 2.10. The molecule has 2 heterocycles. The molecule has 2 rings (SSSR count). The summed E-state index contributed by atoms with van der Waals surface area (Å²) >= 11 is 0.